The molecule has 2 heterocycles. The highest BCUT2D eigenvalue weighted by Gasteiger charge is 2.07. The van der Waals surface area contributed by atoms with Crippen molar-refractivity contribution in [3.05, 3.63) is 47.0 Å². The van der Waals surface area contributed by atoms with Crippen LogP contribution in [0.2, 0.25) is 0 Å². The first kappa shape index (κ1) is 8.86. The van der Waals surface area contributed by atoms with Gasteiger partial charge in [0.25, 0.3) is 0 Å². The van der Waals surface area contributed by atoms with Crippen LogP contribution in [0.5, 0.6) is 0 Å². The first-order valence-electron chi connectivity index (χ1n) is 5.14. The van der Waals surface area contributed by atoms with Crippen molar-refractivity contribution < 1.29 is 0 Å². The molecule has 0 saturated carbocycles. The van der Waals surface area contributed by atoms with Gasteiger partial charge in [-0.15, -0.1) is 11.3 Å². The molecule has 2 aromatic rings. The van der Waals surface area contributed by atoms with Crippen LogP contribution < -0.4 is 0 Å². The zero-order valence-electron chi connectivity index (χ0n) is 8.31. The maximum Gasteiger partial charge on any atom is 0.0809 e. The van der Waals surface area contributed by atoms with E-state index < -0.39 is 0 Å². The maximum absolute atomic E-state index is 4.68. The summed E-state index contributed by atoms with van der Waals surface area (Å²) in [6, 6.07) is 8.52. The van der Waals surface area contributed by atoms with Gasteiger partial charge in [-0.1, -0.05) is 18.2 Å². The Bertz CT molecular complexity index is 497. The summed E-state index contributed by atoms with van der Waals surface area (Å²) in [6.07, 6.45) is 6.61. The lowest BCUT2D eigenvalue weighted by atomic mass is 10.0. The lowest BCUT2D eigenvalue weighted by molar-refractivity contribution is 0.966. The predicted molar refractivity (Wildman–Crippen MR) is 64.9 cm³/mol. The molecule has 1 nitrogen and oxygen atoms in total. The number of rotatable bonds is 1. The van der Waals surface area contributed by atoms with Gasteiger partial charge in [-0.2, -0.15) is 0 Å². The van der Waals surface area contributed by atoms with Gasteiger partial charge in [-0.3, -0.25) is 0 Å². The molecule has 1 aliphatic rings. The van der Waals surface area contributed by atoms with E-state index in [1.54, 1.807) is 11.3 Å². The fraction of sp³-hybridized carbons (Fsp3) is 0.154. The monoisotopic (exact) mass is 213 g/mol. The van der Waals surface area contributed by atoms with Gasteiger partial charge in [0, 0.05) is 0 Å². The Morgan fingerprint density at radius 2 is 2.20 bits per heavy atom. The van der Waals surface area contributed by atoms with Gasteiger partial charge >= 0.3 is 0 Å². The third kappa shape index (κ3) is 1.61. The number of pyridine rings is 1. The smallest absolute Gasteiger partial charge is 0.0809 e. The lowest BCUT2D eigenvalue weighted by Crippen LogP contribution is -1.97. The number of hydrogen-bond donors (Lipinski definition) is 0. The van der Waals surface area contributed by atoms with Crippen LogP contribution in [0.25, 0.3) is 16.6 Å². The number of fused-ring (bicyclic) bond motifs is 1. The second kappa shape index (κ2) is 3.63. The highest BCUT2D eigenvalue weighted by atomic mass is 32.1. The molecule has 2 aromatic heterocycles. The van der Waals surface area contributed by atoms with Crippen molar-refractivity contribution >= 4 is 17.4 Å². The number of allylic oxidation sites excluding steroid dienone is 1. The van der Waals surface area contributed by atoms with Crippen molar-refractivity contribution in [2.24, 2.45) is 0 Å². The number of hydrogen-bond acceptors (Lipinski definition) is 2. The minimum atomic E-state index is 1.09. The Hall–Kier alpha value is -1.41. The van der Waals surface area contributed by atoms with Gasteiger partial charge in [0.2, 0.25) is 0 Å². The average molecular weight is 213 g/mol. The first-order valence-corrected chi connectivity index (χ1v) is 6.02. The Labute approximate surface area is 93.1 Å². The molecule has 0 fully saturated rings. The van der Waals surface area contributed by atoms with E-state index in [1.165, 1.54) is 10.4 Å². The third-order valence-electron chi connectivity index (χ3n) is 2.64. The van der Waals surface area contributed by atoms with Crippen LogP contribution >= 0.6 is 11.3 Å². The van der Waals surface area contributed by atoms with Gasteiger partial charge in [0.05, 0.1) is 16.3 Å². The van der Waals surface area contributed by atoms with E-state index in [2.05, 4.69) is 46.8 Å². The summed E-state index contributed by atoms with van der Waals surface area (Å²) in [6.45, 7) is 0. The van der Waals surface area contributed by atoms with E-state index >= 15 is 0 Å². The minimum absolute atomic E-state index is 1.09. The molecule has 3 rings (SSSR count). The lowest BCUT2D eigenvalue weighted by Gasteiger charge is -2.09. The Balaban J connectivity index is 2.10. The van der Waals surface area contributed by atoms with Gasteiger partial charge in [0.15, 0.2) is 0 Å². The molecule has 0 spiro atoms. The fourth-order valence-corrected chi connectivity index (χ4v) is 2.55. The van der Waals surface area contributed by atoms with Crippen molar-refractivity contribution in [2.75, 3.05) is 0 Å². The largest absolute Gasteiger partial charge is 0.247 e. The van der Waals surface area contributed by atoms with Crippen molar-refractivity contribution in [2.45, 2.75) is 12.8 Å². The number of aromatic nitrogens is 1. The quantitative estimate of drug-likeness (QED) is 0.702. The molecule has 1 aliphatic carbocycles. The SMILES string of the molecule is C1=Cc2nc(-c3cccs3)ccc2CC1. The number of nitrogens with zero attached hydrogens (tertiary/aromatic N) is 1. The molecule has 15 heavy (non-hydrogen) atoms. The van der Waals surface area contributed by atoms with E-state index in [9.17, 15) is 0 Å². The summed E-state index contributed by atoms with van der Waals surface area (Å²) in [5.41, 5.74) is 3.61. The topological polar surface area (TPSA) is 12.9 Å². The van der Waals surface area contributed by atoms with Crippen LogP contribution in [0.4, 0.5) is 0 Å². The first-order chi connectivity index (χ1) is 7.43. The molecule has 0 saturated heterocycles. The summed E-state index contributed by atoms with van der Waals surface area (Å²) < 4.78 is 0. The van der Waals surface area contributed by atoms with E-state index in [1.807, 2.05) is 0 Å². The number of thiophene rings is 1. The molecule has 0 radical (unpaired) electrons. The molecule has 0 aromatic carbocycles. The summed E-state index contributed by atoms with van der Waals surface area (Å²) >= 11 is 1.74. The van der Waals surface area contributed by atoms with E-state index in [-0.39, 0.29) is 0 Å². The zero-order chi connectivity index (χ0) is 10.1. The van der Waals surface area contributed by atoms with Crippen LogP contribution in [0.1, 0.15) is 17.7 Å². The molecule has 0 amide bonds. The summed E-state index contributed by atoms with van der Waals surface area (Å²) in [7, 11) is 0. The standard InChI is InChI=1S/C13H11NS/c1-2-5-11-10(4-1)7-8-12(14-11)13-6-3-9-15-13/h2-3,5-9H,1,4H2. The van der Waals surface area contributed by atoms with Crippen molar-refractivity contribution in [1.82, 2.24) is 4.98 Å². The Kier molecular flexibility index (Phi) is 2.14. The van der Waals surface area contributed by atoms with Crippen molar-refractivity contribution in [3.8, 4) is 10.6 Å². The Morgan fingerprint density at radius 1 is 1.20 bits per heavy atom. The summed E-state index contributed by atoms with van der Waals surface area (Å²) in [4.78, 5) is 5.93. The van der Waals surface area contributed by atoms with E-state index in [4.69, 9.17) is 0 Å². The molecule has 0 atom stereocenters. The zero-order valence-corrected chi connectivity index (χ0v) is 9.13. The van der Waals surface area contributed by atoms with Crippen LogP contribution in [0.3, 0.4) is 0 Å². The minimum Gasteiger partial charge on any atom is -0.247 e. The molecule has 2 heteroatoms. The highest BCUT2D eigenvalue weighted by molar-refractivity contribution is 7.13. The molecular weight excluding hydrogens is 202 g/mol. The van der Waals surface area contributed by atoms with Crippen LogP contribution in [0, 0.1) is 0 Å². The fourth-order valence-electron chi connectivity index (χ4n) is 1.85. The second-order valence-electron chi connectivity index (χ2n) is 3.66. The molecular formula is C13H11NS. The molecule has 0 aliphatic heterocycles. The molecule has 0 unspecified atom stereocenters. The van der Waals surface area contributed by atoms with E-state index in [0.29, 0.717) is 0 Å². The van der Waals surface area contributed by atoms with Crippen LogP contribution in [-0.2, 0) is 6.42 Å². The van der Waals surface area contributed by atoms with Gasteiger partial charge in [-0.05, 0) is 42.0 Å². The van der Waals surface area contributed by atoms with Crippen molar-refractivity contribution in [1.29, 1.82) is 0 Å². The van der Waals surface area contributed by atoms with Crippen molar-refractivity contribution in [3.63, 3.8) is 0 Å². The van der Waals surface area contributed by atoms with Gasteiger partial charge < -0.3 is 0 Å². The normalized spacial score (nSPS) is 13.9. The summed E-state index contributed by atoms with van der Waals surface area (Å²) in [5.74, 6) is 0. The molecule has 74 valence electrons. The number of aryl methyl sites for hydroxylation is 1. The second-order valence-corrected chi connectivity index (χ2v) is 4.61. The highest BCUT2D eigenvalue weighted by Crippen LogP contribution is 2.26. The van der Waals surface area contributed by atoms with Crippen LogP contribution in [0.15, 0.2) is 35.7 Å². The van der Waals surface area contributed by atoms with E-state index in [0.717, 1.165) is 24.2 Å². The summed E-state index contributed by atoms with van der Waals surface area (Å²) in [5, 5.41) is 2.09. The van der Waals surface area contributed by atoms with Gasteiger partial charge in [-0.25, -0.2) is 4.98 Å². The third-order valence-corrected chi connectivity index (χ3v) is 3.53. The average Bonchev–Trinajstić information content (AvgIpc) is 2.82. The van der Waals surface area contributed by atoms with Gasteiger partial charge in [0.1, 0.15) is 0 Å². The molecule has 0 bridgehead atoms. The van der Waals surface area contributed by atoms with Crippen LogP contribution in [-0.4, -0.2) is 4.98 Å². The molecule has 0 N–H and O–H groups in total. The predicted octanol–water partition coefficient (Wildman–Crippen LogP) is 3.77. The Morgan fingerprint density at radius 3 is 3.07 bits per heavy atom. The maximum atomic E-state index is 4.68.